The molecule has 0 spiro atoms. The second-order valence-electron chi connectivity index (χ2n) is 4.76. The summed E-state index contributed by atoms with van der Waals surface area (Å²) in [5, 5.41) is 10.4. The first-order valence-corrected chi connectivity index (χ1v) is 6.74. The zero-order chi connectivity index (χ0) is 15.1. The van der Waals surface area contributed by atoms with Gasteiger partial charge in [-0.25, -0.2) is 0 Å². The van der Waals surface area contributed by atoms with Gasteiger partial charge in [-0.3, -0.25) is 4.79 Å². The van der Waals surface area contributed by atoms with Gasteiger partial charge in [-0.15, -0.1) is 29.9 Å². The van der Waals surface area contributed by atoms with Gasteiger partial charge >= 0.3 is 0 Å². The Hall–Kier alpha value is -1.89. The molecule has 6 nitrogen and oxygen atoms in total. The van der Waals surface area contributed by atoms with Gasteiger partial charge in [0.1, 0.15) is 5.75 Å². The quantitative estimate of drug-likeness (QED) is 0.827. The standard InChI is InChI=1S/C15H18N4O2.2ClH/c1-11(16)7-8-14(20)18-12-4-2-5-13(10-12)21-15-6-3-9-17-19-15;;/h2-6,9-11H,7-8,16H2,1H3,(H,18,20);2*1H. The zero-order valence-corrected chi connectivity index (χ0v) is 14.3. The van der Waals surface area contributed by atoms with Crippen LogP contribution in [-0.2, 0) is 4.79 Å². The maximum absolute atomic E-state index is 11.8. The number of nitrogens with zero attached hydrogens (tertiary/aromatic N) is 2. The minimum Gasteiger partial charge on any atom is -0.437 e. The Bertz CT molecular complexity index is 597. The number of nitrogens with two attached hydrogens (primary N) is 1. The van der Waals surface area contributed by atoms with Crippen molar-refractivity contribution in [3.05, 3.63) is 42.6 Å². The fraction of sp³-hybridized carbons (Fsp3) is 0.267. The van der Waals surface area contributed by atoms with E-state index < -0.39 is 0 Å². The van der Waals surface area contributed by atoms with Crippen molar-refractivity contribution in [3.8, 4) is 11.6 Å². The number of hydrogen-bond donors (Lipinski definition) is 2. The molecule has 0 radical (unpaired) electrons. The molecule has 1 amide bonds. The Kier molecular flexibility index (Phi) is 9.89. The Labute approximate surface area is 147 Å². The van der Waals surface area contributed by atoms with Crippen LogP contribution in [0.5, 0.6) is 11.6 Å². The number of halogens is 2. The monoisotopic (exact) mass is 358 g/mol. The van der Waals surface area contributed by atoms with Crippen molar-refractivity contribution >= 4 is 36.4 Å². The summed E-state index contributed by atoms with van der Waals surface area (Å²) in [6.45, 7) is 1.88. The minimum atomic E-state index is -0.0658. The van der Waals surface area contributed by atoms with E-state index >= 15 is 0 Å². The lowest BCUT2D eigenvalue weighted by molar-refractivity contribution is -0.116. The van der Waals surface area contributed by atoms with Gasteiger partial charge in [-0.2, -0.15) is 5.10 Å². The zero-order valence-electron chi connectivity index (χ0n) is 12.6. The lowest BCUT2D eigenvalue weighted by Crippen LogP contribution is -2.19. The summed E-state index contributed by atoms with van der Waals surface area (Å²) in [5.74, 6) is 0.919. The highest BCUT2D eigenvalue weighted by atomic mass is 35.5. The van der Waals surface area contributed by atoms with Gasteiger partial charge in [0.25, 0.3) is 0 Å². The van der Waals surface area contributed by atoms with E-state index in [0.29, 0.717) is 30.2 Å². The number of aromatic nitrogens is 2. The highest BCUT2D eigenvalue weighted by molar-refractivity contribution is 5.90. The second-order valence-corrected chi connectivity index (χ2v) is 4.76. The smallest absolute Gasteiger partial charge is 0.238 e. The van der Waals surface area contributed by atoms with E-state index in [1.165, 1.54) is 0 Å². The number of rotatable bonds is 6. The molecule has 0 aliphatic carbocycles. The molecule has 1 aromatic carbocycles. The van der Waals surface area contributed by atoms with Gasteiger partial charge in [0, 0.05) is 36.5 Å². The van der Waals surface area contributed by atoms with Crippen molar-refractivity contribution in [1.82, 2.24) is 10.2 Å². The summed E-state index contributed by atoms with van der Waals surface area (Å²) in [5.41, 5.74) is 6.30. The number of anilines is 1. The fourth-order valence-electron chi connectivity index (χ4n) is 1.68. The number of carbonyl (C=O) groups is 1. The minimum absolute atomic E-state index is 0. The van der Waals surface area contributed by atoms with Crippen molar-refractivity contribution in [2.24, 2.45) is 5.73 Å². The number of carbonyl (C=O) groups excluding carboxylic acids is 1. The molecule has 0 aliphatic rings. The van der Waals surface area contributed by atoms with Gasteiger partial charge in [-0.1, -0.05) is 6.07 Å². The second kappa shape index (κ2) is 10.8. The van der Waals surface area contributed by atoms with Crippen molar-refractivity contribution < 1.29 is 9.53 Å². The van der Waals surface area contributed by atoms with Gasteiger partial charge < -0.3 is 15.8 Å². The third kappa shape index (κ3) is 7.78. The average molecular weight is 359 g/mol. The normalized spacial score (nSPS) is 10.7. The van der Waals surface area contributed by atoms with Crippen LogP contribution >= 0.6 is 24.8 Å². The molecule has 1 heterocycles. The molecule has 23 heavy (non-hydrogen) atoms. The van der Waals surface area contributed by atoms with Crippen molar-refractivity contribution in [1.29, 1.82) is 0 Å². The van der Waals surface area contributed by atoms with E-state index in [0.717, 1.165) is 0 Å². The van der Waals surface area contributed by atoms with Crippen LogP contribution in [0.2, 0.25) is 0 Å². The Balaban J connectivity index is 0.00000242. The summed E-state index contributed by atoms with van der Waals surface area (Å²) >= 11 is 0. The molecular weight excluding hydrogens is 339 g/mol. The van der Waals surface area contributed by atoms with Crippen LogP contribution in [0.1, 0.15) is 19.8 Å². The highest BCUT2D eigenvalue weighted by Crippen LogP contribution is 2.22. The Morgan fingerprint density at radius 1 is 1.30 bits per heavy atom. The average Bonchev–Trinajstić information content (AvgIpc) is 2.46. The first kappa shape index (κ1) is 21.1. The summed E-state index contributed by atoms with van der Waals surface area (Å²) in [6, 6.07) is 10.6. The van der Waals surface area contributed by atoms with Crippen LogP contribution in [0, 0.1) is 0 Å². The van der Waals surface area contributed by atoms with Crippen LogP contribution in [-0.4, -0.2) is 22.1 Å². The van der Waals surface area contributed by atoms with E-state index in [4.69, 9.17) is 10.5 Å². The lowest BCUT2D eigenvalue weighted by atomic mass is 10.2. The molecule has 0 fully saturated rings. The third-order valence-corrected chi connectivity index (χ3v) is 2.71. The molecule has 3 N–H and O–H groups in total. The summed E-state index contributed by atoms with van der Waals surface area (Å²) < 4.78 is 5.55. The number of hydrogen-bond acceptors (Lipinski definition) is 5. The molecule has 2 rings (SSSR count). The van der Waals surface area contributed by atoms with Crippen LogP contribution < -0.4 is 15.8 Å². The van der Waals surface area contributed by atoms with Crippen molar-refractivity contribution in [2.45, 2.75) is 25.8 Å². The third-order valence-electron chi connectivity index (χ3n) is 2.71. The lowest BCUT2D eigenvalue weighted by Gasteiger charge is -2.09. The van der Waals surface area contributed by atoms with E-state index in [9.17, 15) is 4.79 Å². The number of benzene rings is 1. The topological polar surface area (TPSA) is 90.1 Å². The molecule has 1 unspecified atom stereocenters. The summed E-state index contributed by atoms with van der Waals surface area (Å²) in [4.78, 5) is 11.8. The molecule has 0 saturated carbocycles. The van der Waals surface area contributed by atoms with Crippen LogP contribution in [0.25, 0.3) is 0 Å². The number of amides is 1. The molecule has 126 valence electrons. The van der Waals surface area contributed by atoms with Gasteiger partial charge in [0.15, 0.2) is 0 Å². The SMILES string of the molecule is CC(N)CCC(=O)Nc1cccc(Oc2cccnn2)c1.Cl.Cl. The van der Waals surface area contributed by atoms with E-state index in [1.807, 2.05) is 6.92 Å². The first-order chi connectivity index (χ1) is 10.1. The Morgan fingerprint density at radius 2 is 2.09 bits per heavy atom. The van der Waals surface area contributed by atoms with Gasteiger partial charge in [-0.05, 0) is 31.5 Å². The summed E-state index contributed by atoms with van der Waals surface area (Å²) in [7, 11) is 0. The molecule has 1 aromatic heterocycles. The maximum Gasteiger partial charge on any atom is 0.238 e. The first-order valence-electron chi connectivity index (χ1n) is 6.74. The molecule has 0 bridgehead atoms. The van der Waals surface area contributed by atoms with Crippen molar-refractivity contribution in [3.63, 3.8) is 0 Å². The van der Waals surface area contributed by atoms with E-state index in [1.54, 1.807) is 42.6 Å². The Morgan fingerprint density at radius 3 is 2.74 bits per heavy atom. The van der Waals surface area contributed by atoms with Crippen molar-refractivity contribution in [2.75, 3.05) is 5.32 Å². The molecule has 1 atom stereocenters. The van der Waals surface area contributed by atoms with E-state index in [-0.39, 0.29) is 36.8 Å². The molecular formula is C15H20Cl2N4O2. The summed E-state index contributed by atoms with van der Waals surface area (Å²) in [6.07, 6.45) is 2.62. The van der Waals surface area contributed by atoms with Crippen LogP contribution in [0.4, 0.5) is 5.69 Å². The molecule has 8 heteroatoms. The maximum atomic E-state index is 11.8. The van der Waals surface area contributed by atoms with Crippen LogP contribution in [0.15, 0.2) is 42.6 Å². The number of ether oxygens (including phenoxy) is 1. The predicted molar refractivity (Wildman–Crippen MR) is 94.6 cm³/mol. The largest absolute Gasteiger partial charge is 0.437 e. The number of nitrogens with one attached hydrogen (secondary N) is 1. The highest BCUT2D eigenvalue weighted by Gasteiger charge is 2.05. The predicted octanol–water partition coefficient (Wildman–Crippen LogP) is 3.18. The molecule has 0 aliphatic heterocycles. The fourth-order valence-corrected chi connectivity index (χ4v) is 1.68. The van der Waals surface area contributed by atoms with Crippen LogP contribution in [0.3, 0.4) is 0 Å². The molecule has 2 aromatic rings. The van der Waals surface area contributed by atoms with Gasteiger partial charge in [0.2, 0.25) is 11.8 Å². The molecule has 0 saturated heterocycles. The van der Waals surface area contributed by atoms with E-state index in [2.05, 4.69) is 15.5 Å². The van der Waals surface area contributed by atoms with Gasteiger partial charge in [0.05, 0.1) is 0 Å².